The third kappa shape index (κ3) is 1.59. The molecule has 0 aliphatic carbocycles. The molecule has 0 amide bonds. The van der Waals surface area contributed by atoms with E-state index >= 15 is 0 Å². The molecule has 0 atom stereocenters. The number of methoxy groups -OCH3 is 1. The zero-order chi connectivity index (χ0) is 10.8. The topological polar surface area (TPSA) is 42.6 Å². The molecule has 0 spiro atoms. The van der Waals surface area contributed by atoms with Gasteiger partial charge in [-0.05, 0) is 19.4 Å². The number of aryl methyl sites for hydroxylation is 1. The third-order valence-electron chi connectivity index (χ3n) is 2.57. The van der Waals surface area contributed by atoms with Crippen molar-refractivity contribution in [3.8, 4) is 5.75 Å². The second-order valence-corrected chi connectivity index (χ2v) is 3.45. The second-order valence-electron chi connectivity index (χ2n) is 3.45. The van der Waals surface area contributed by atoms with Crippen LogP contribution in [0.3, 0.4) is 0 Å². The van der Waals surface area contributed by atoms with E-state index in [1.807, 2.05) is 25.1 Å². The maximum Gasteiger partial charge on any atom is 0.176 e. The molecule has 0 radical (unpaired) electrons. The van der Waals surface area contributed by atoms with Crippen molar-refractivity contribution < 1.29 is 14.3 Å². The molecule has 2 aromatic rings. The summed E-state index contributed by atoms with van der Waals surface area (Å²) in [6, 6.07) is 5.78. The van der Waals surface area contributed by atoms with E-state index < -0.39 is 0 Å². The van der Waals surface area contributed by atoms with Crippen molar-refractivity contribution in [2.45, 2.75) is 13.3 Å². The van der Waals surface area contributed by atoms with Crippen LogP contribution in [0.25, 0.3) is 11.0 Å². The summed E-state index contributed by atoms with van der Waals surface area (Å²) in [5.41, 5.74) is 1.83. The SMILES string of the molecule is COc1cccc2c(CCO)c(C)oc12. The lowest BCUT2D eigenvalue weighted by Crippen LogP contribution is -1.91. The lowest BCUT2D eigenvalue weighted by Gasteiger charge is -1.99. The first kappa shape index (κ1) is 10.1. The zero-order valence-electron chi connectivity index (χ0n) is 8.91. The van der Waals surface area contributed by atoms with E-state index in [9.17, 15) is 0 Å². The monoisotopic (exact) mass is 206 g/mol. The normalized spacial score (nSPS) is 10.9. The van der Waals surface area contributed by atoms with Crippen molar-refractivity contribution in [3.63, 3.8) is 0 Å². The molecule has 3 heteroatoms. The van der Waals surface area contributed by atoms with E-state index in [0.717, 1.165) is 28.0 Å². The predicted molar refractivity (Wildman–Crippen MR) is 58.3 cm³/mol. The standard InChI is InChI=1S/C12H14O3/c1-8-9(6-7-13)10-4-3-5-11(14-2)12(10)15-8/h3-5,13H,6-7H2,1-2H3. The van der Waals surface area contributed by atoms with Crippen LogP contribution in [0.2, 0.25) is 0 Å². The van der Waals surface area contributed by atoms with Gasteiger partial charge in [0, 0.05) is 17.6 Å². The van der Waals surface area contributed by atoms with Crippen LogP contribution in [0.4, 0.5) is 0 Å². The van der Waals surface area contributed by atoms with Crippen LogP contribution in [-0.4, -0.2) is 18.8 Å². The molecule has 0 aliphatic heterocycles. The van der Waals surface area contributed by atoms with Crippen LogP contribution in [0, 0.1) is 6.92 Å². The van der Waals surface area contributed by atoms with E-state index in [-0.39, 0.29) is 6.61 Å². The quantitative estimate of drug-likeness (QED) is 0.837. The number of benzene rings is 1. The Kier molecular flexibility index (Phi) is 2.64. The Bertz CT molecular complexity index is 471. The molecule has 0 unspecified atom stereocenters. The second kappa shape index (κ2) is 3.95. The number of aliphatic hydroxyl groups is 1. The van der Waals surface area contributed by atoms with Gasteiger partial charge in [0.1, 0.15) is 5.76 Å². The molecule has 80 valence electrons. The zero-order valence-corrected chi connectivity index (χ0v) is 8.91. The van der Waals surface area contributed by atoms with E-state index in [4.69, 9.17) is 14.3 Å². The molecular formula is C12H14O3. The number of hydrogen-bond acceptors (Lipinski definition) is 3. The Balaban J connectivity index is 2.67. The Morgan fingerprint density at radius 3 is 2.87 bits per heavy atom. The molecule has 1 N–H and O–H groups in total. The van der Waals surface area contributed by atoms with E-state index in [2.05, 4.69) is 0 Å². The minimum absolute atomic E-state index is 0.132. The van der Waals surface area contributed by atoms with Crippen LogP contribution >= 0.6 is 0 Å². The van der Waals surface area contributed by atoms with Crippen molar-refractivity contribution in [2.24, 2.45) is 0 Å². The molecule has 0 fully saturated rings. The van der Waals surface area contributed by atoms with Crippen molar-refractivity contribution in [3.05, 3.63) is 29.5 Å². The summed E-state index contributed by atoms with van der Waals surface area (Å²) >= 11 is 0. The highest BCUT2D eigenvalue weighted by Gasteiger charge is 2.13. The van der Waals surface area contributed by atoms with Crippen LogP contribution in [0.15, 0.2) is 22.6 Å². The minimum Gasteiger partial charge on any atom is -0.493 e. The van der Waals surface area contributed by atoms with E-state index in [1.54, 1.807) is 7.11 Å². The van der Waals surface area contributed by atoms with Gasteiger partial charge in [0.2, 0.25) is 0 Å². The summed E-state index contributed by atoms with van der Waals surface area (Å²) in [5.74, 6) is 1.59. The number of hydrogen-bond donors (Lipinski definition) is 1. The fraction of sp³-hybridized carbons (Fsp3) is 0.333. The van der Waals surface area contributed by atoms with Crippen molar-refractivity contribution >= 4 is 11.0 Å². The molecule has 0 saturated heterocycles. The van der Waals surface area contributed by atoms with Crippen molar-refractivity contribution in [1.29, 1.82) is 0 Å². The number of aliphatic hydroxyl groups excluding tert-OH is 1. The Morgan fingerprint density at radius 1 is 1.40 bits per heavy atom. The summed E-state index contributed by atoms with van der Waals surface area (Å²) in [6.45, 7) is 2.04. The number of fused-ring (bicyclic) bond motifs is 1. The third-order valence-corrected chi connectivity index (χ3v) is 2.57. The average molecular weight is 206 g/mol. The first-order chi connectivity index (χ1) is 7.27. The van der Waals surface area contributed by atoms with Gasteiger partial charge in [0.25, 0.3) is 0 Å². The van der Waals surface area contributed by atoms with Gasteiger partial charge >= 0.3 is 0 Å². The van der Waals surface area contributed by atoms with Gasteiger partial charge in [0.15, 0.2) is 11.3 Å². The largest absolute Gasteiger partial charge is 0.493 e. The molecule has 0 aliphatic rings. The highest BCUT2D eigenvalue weighted by atomic mass is 16.5. The Morgan fingerprint density at radius 2 is 2.20 bits per heavy atom. The maximum absolute atomic E-state index is 8.98. The summed E-state index contributed by atoms with van der Waals surface area (Å²) in [4.78, 5) is 0. The fourth-order valence-corrected chi connectivity index (χ4v) is 1.85. The Labute approximate surface area is 88.3 Å². The first-order valence-electron chi connectivity index (χ1n) is 4.93. The van der Waals surface area contributed by atoms with Gasteiger partial charge in [-0.2, -0.15) is 0 Å². The van der Waals surface area contributed by atoms with Gasteiger partial charge < -0.3 is 14.3 Å². The number of rotatable bonds is 3. The van der Waals surface area contributed by atoms with Gasteiger partial charge in [-0.3, -0.25) is 0 Å². The smallest absolute Gasteiger partial charge is 0.176 e. The summed E-state index contributed by atoms with van der Waals surface area (Å²) < 4.78 is 10.9. The van der Waals surface area contributed by atoms with Crippen LogP contribution < -0.4 is 4.74 Å². The van der Waals surface area contributed by atoms with Gasteiger partial charge in [-0.15, -0.1) is 0 Å². The highest BCUT2D eigenvalue weighted by Crippen LogP contribution is 2.32. The highest BCUT2D eigenvalue weighted by molar-refractivity contribution is 5.87. The van der Waals surface area contributed by atoms with E-state index in [1.165, 1.54) is 0 Å². The Hall–Kier alpha value is -1.48. The number of ether oxygens (including phenoxy) is 1. The molecule has 1 heterocycles. The lowest BCUT2D eigenvalue weighted by atomic mass is 10.1. The maximum atomic E-state index is 8.98. The average Bonchev–Trinajstić information content (AvgIpc) is 2.56. The minimum atomic E-state index is 0.132. The van der Waals surface area contributed by atoms with Crippen LogP contribution in [0.1, 0.15) is 11.3 Å². The fourth-order valence-electron chi connectivity index (χ4n) is 1.85. The predicted octanol–water partition coefficient (Wildman–Crippen LogP) is 2.28. The molecule has 2 rings (SSSR count). The van der Waals surface area contributed by atoms with Gasteiger partial charge in [0.05, 0.1) is 7.11 Å². The first-order valence-corrected chi connectivity index (χ1v) is 4.93. The molecule has 0 saturated carbocycles. The van der Waals surface area contributed by atoms with Crippen molar-refractivity contribution in [1.82, 2.24) is 0 Å². The van der Waals surface area contributed by atoms with Crippen LogP contribution in [0.5, 0.6) is 5.75 Å². The molecular weight excluding hydrogens is 192 g/mol. The molecule has 0 bridgehead atoms. The molecule has 3 nitrogen and oxygen atoms in total. The van der Waals surface area contributed by atoms with Gasteiger partial charge in [-0.1, -0.05) is 12.1 Å². The molecule has 1 aromatic carbocycles. The summed E-state index contributed by atoms with van der Waals surface area (Å²) in [5, 5.41) is 10.0. The molecule has 1 aromatic heterocycles. The van der Waals surface area contributed by atoms with Crippen LogP contribution in [-0.2, 0) is 6.42 Å². The summed E-state index contributed by atoms with van der Waals surface area (Å²) in [7, 11) is 1.62. The molecule has 15 heavy (non-hydrogen) atoms. The lowest BCUT2D eigenvalue weighted by molar-refractivity contribution is 0.299. The number of para-hydroxylation sites is 1. The summed E-state index contributed by atoms with van der Waals surface area (Å²) in [6.07, 6.45) is 0.617. The van der Waals surface area contributed by atoms with Crippen molar-refractivity contribution in [2.75, 3.05) is 13.7 Å². The number of furan rings is 1. The van der Waals surface area contributed by atoms with E-state index in [0.29, 0.717) is 6.42 Å². The van der Waals surface area contributed by atoms with Gasteiger partial charge in [-0.25, -0.2) is 0 Å².